The van der Waals surface area contributed by atoms with Crippen LogP contribution >= 0.6 is 11.8 Å². The van der Waals surface area contributed by atoms with Gasteiger partial charge in [0.2, 0.25) is 5.76 Å². The number of thioether (sulfide) groups is 1. The number of hydrogen-bond donors (Lipinski definition) is 2. The Morgan fingerprint density at radius 1 is 1.59 bits per heavy atom. The largest absolute Gasteiger partial charge is 0.475 e. The lowest BCUT2D eigenvalue weighted by Crippen LogP contribution is -2.26. The van der Waals surface area contributed by atoms with Gasteiger partial charge in [0.15, 0.2) is 0 Å². The van der Waals surface area contributed by atoms with E-state index in [1.165, 1.54) is 31.3 Å². The van der Waals surface area contributed by atoms with E-state index in [4.69, 9.17) is 9.52 Å². The summed E-state index contributed by atoms with van der Waals surface area (Å²) in [6.45, 7) is 1.50. The minimum atomic E-state index is -1.00. The highest BCUT2D eigenvalue weighted by molar-refractivity contribution is 7.99. The van der Waals surface area contributed by atoms with E-state index < -0.39 is 5.97 Å². The third kappa shape index (κ3) is 3.51. The summed E-state index contributed by atoms with van der Waals surface area (Å²) in [5.41, 5.74) is 0.721. The van der Waals surface area contributed by atoms with Crippen LogP contribution < -0.4 is 5.32 Å². The first-order chi connectivity index (χ1) is 8.27. The summed E-state index contributed by atoms with van der Waals surface area (Å²) in [6.07, 6.45) is 5.32. The van der Waals surface area contributed by atoms with Crippen molar-refractivity contribution < 1.29 is 14.3 Å². The van der Waals surface area contributed by atoms with Crippen molar-refractivity contribution in [3.63, 3.8) is 0 Å². The van der Waals surface area contributed by atoms with Crippen molar-refractivity contribution in [1.29, 1.82) is 0 Å². The molecule has 0 saturated carbocycles. The zero-order chi connectivity index (χ0) is 12.1. The molecule has 0 amide bonds. The molecule has 17 heavy (non-hydrogen) atoms. The fraction of sp³-hybridized carbons (Fsp3) is 0.583. The summed E-state index contributed by atoms with van der Waals surface area (Å²) >= 11 is 2.01. The Morgan fingerprint density at radius 3 is 3.18 bits per heavy atom. The molecule has 0 aromatic carbocycles. The third-order valence-electron chi connectivity index (χ3n) is 2.90. The molecule has 1 aliphatic rings. The minimum absolute atomic E-state index is 0.0498. The molecule has 1 aliphatic heterocycles. The maximum Gasteiger partial charge on any atom is 0.372 e. The van der Waals surface area contributed by atoms with Gasteiger partial charge in [-0.15, -0.1) is 0 Å². The normalized spacial score (nSPS) is 20.4. The molecule has 2 rings (SSSR count). The Kier molecular flexibility index (Phi) is 4.50. The molecular weight excluding hydrogens is 238 g/mol. The van der Waals surface area contributed by atoms with E-state index in [1.807, 2.05) is 11.8 Å². The van der Waals surface area contributed by atoms with E-state index in [0.717, 1.165) is 12.1 Å². The van der Waals surface area contributed by atoms with Gasteiger partial charge in [0.05, 0.1) is 6.26 Å². The smallest absolute Gasteiger partial charge is 0.372 e. The highest BCUT2D eigenvalue weighted by Crippen LogP contribution is 2.24. The topological polar surface area (TPSA) is 62.5 Å². The minimum Gasteiger partial charge on any atom is -0.475 e. The summed E-state index contributed by atoms with van der Waals surface area (Å²) < 4.78 is 4.92. The number of carboxylic acids is 1. The summed E-state index contributed by atoms with van der Waals surface area (Å²) in [7, 11) is 0. The van der Waals surface area contributed by atoms with E-state index in [0.29, 0.717) is 11.8 Å². The summed E-state index contributed by atoms with van der Waals surface area (Å²) in [5, 5.41) is 12.9. The Morgan fingerprint density at radius 2 is 2.47 bits per heavy atom. The monoisotopic (exact) mass is 255 g/mol. The van der Waals surface area contributed by atoms with Gasteiger partial charge in [-0.3, -0.25) is 0 Å². The summed E-state index contributed by atoms with van der Waals surface area (Å²) in [5.74, 6) is 0.297. The van der Waals surface area contributed by atoms with E-state index >= 15 is 0 Å². The lowest BCUT2D eigenvalue weighted by atomic mass is 10.2. The number of aromatic carboxylic acids is 1. The molecule has 1 atom stereocenters. The number of rotatable bonds is 5. The number of furan rings is 1. The van der Waals surface area contributed by atoms with Crippen LogP contribution in [0.4, 0.5) is 0 Å². The first-order valence-corrected chi connectivity index (χ1v) is 6.94. The fourth-order valence-corrected chi connectivity index (χ4v) is 3.27. The second-order valence-electron chi connectivity index (χ2n) is 4.20. The molecule has 0 radical (unpaired) electrons. The fourth-order valence-electron chi connectivity index (χ4n) is 2.00. The van der Waals surface area contributed by atoms with Crippen molar-refractivity contribution >= 4 is 17.7 Å². The van der Waals surface area contributed by atoms with E-state index in [1.54, 1.807) is 6.07 Å². The molecule has 94 valence electrons. The molecular formula is C12H17NO3S. The predicted octanol–water partition coefficient (Wildman–Crippen LogP) is 2.35. The van der Waals surface area contributed by atoms with Crippen LogP contribution in [0.25, 0.3) is 0 Å². The molecule has 1 aromatic rings. The van der Waals surface area contributed by atoms with Crippen LogP contribution in [-0.2, 0) is 6.54 Å². The highest BCUT2D eigenvalue weighted by atomic mass is 32.2. The van der Waals surface area contributed by atoms with Crippen LogP contribution in [0.3, 0.4) is 0 Å². The number of carbonyl (C=O) groups is 1. The molecule has 0 spiro atoms. The second-order valence-corrected chi connectivity index (χ2v) is 5.61. The van der Waals surface area contributed by atoms with Gasteiger partial charge in [-0.2, -0.15) is 11.8 Å². The predicted molar refractivity (Wildman–Crippen MR) is 67.5 cm³/mol. The Bertz CT molecular complexity index is 372. The van der Waals surface area contributed by atoms with Crippen LogP contribution in [0.15, 0.2) is 16.7 Å². The molecule has 2 heterocycles. The number of hydrogen-bond acceptors (Lipinski definition) is 4. The Balaban J connectivity index is 1.77. The average molecular weight is 255 g/mol. The van der Waals surface area contributed by atoms with Crippen molar-refractivity contribution in [2.45, 2.75) is 31.1 Å². The standard InChI is InChI=1S/C12H17NO3S/c14-12(15)11-9(4-5-16-11)7-13-8-10-3-1-2-6-17-10/h4-5,10,13H,1-3,6-8H2,(H,14,15). The third-order valence-corrected chi connectivity index (χ3v) is 4.30. The SMILES string of the molecule is O=C(O)c1occc1CNCC1CCCCS1. The molecule has 2 N–H and O–H groups in total. The van der Waals surface area contributed by atoms with Gasteiger partial charge in [-0.1, -0.05) is 6.42 Å². The first kappa shape index (κ1) is 12.5. The van der Waals surface area contributed by atoms with Gasteiger partial charge in [0.25, 0.3) is 0 Å². The highest BCUT2D eigenvalue weighted by Gasteiger charge is 2.16. The molecule has 1 unspecified atom stereocenters. The Labute approximate surface area is 105 Å². The Hall–Kier alpha value is -0.940. The van der Waals surface area contributed by atoms with Crippen LogP contribution in [0, 0.1) is 0 Å². The van der Waals surface area contributed by atoms with E-state index in [9.17, 15) is 4.79 Å². The molecule has 1 aromatic heterocycles. The molecule has 4 nitrogen and oxygen atoms in total. The average Bonchev–Trinajstić information content (AvgIpc) is 2.79. The van der Waals surface area contributed by atoms with Gasteiger partial charge in [0, 0.05) is 23.9 Å². The van der Waals surface area contributed by atoms with E-state index in [2.05, 4.69) is 5.32 Å². The molecule has 0 bridgehead atoms. The maximum atomic E-state index is 10.8. The number of carboxylic acid groups (broad SMARTS) is 1. The van der Waals surface area contributed by atoms with Crippen LogP contribution in [0.1, 0.15) is 35.4 Å². The summed E-state index contributed by atoms with van der Waals surface area (Å²) in [4.78, 5) is 10.8. The van der Waals surface area contributed by atoms with Crippen LogP contribution in [0.5, 0.6) is 0 Å². The lowest BCUT2D eigenvalue weighted by molar-refractivity contribution is 0.0660. The van der Waals surface area contributed by atoms with Crippen molar-refractivity contribution in [2.75, 3.05) is 12.3 Å². The zero-order valence-corrected chi connectivity index (χ0v) is 10.5. The van der Waals surface area contributed by atoms with Crippen molar-refractivity contribution in [1.82, 2.24) is 5.32 Å². The maximum absolute atomic E-state index is 10.8. The zero-order valence-electron chi connectivity index (χ0n) is 9.65. The van der Waals surface area contributed by atoms with Gasteiger partial charge in [-0.25, -0.2) is 4.79 Å². The van der Waals surface area contributed by atoms with Crippen LogP contribution in [0.2, 0.25) is 0 Å². The van der Waals surface area contributed by atoms with Gasteiger partial charge in [0.1, 0.15) is 0 Å². The quantitative estimate of drug-likeness (QED) is 0.845. The van der Waals surface area contributed by atoms with Crippen molar-refractivity contribution in [2.24, 2.45) is 0 Å². The molecule has 1 saturated heterocycles. The second kappa shape index (κ2) is 6.12. The molecule has 5 heteroatoms. The first-order valence-electron chi connectivity index (χ1n) is 5.89. The summed E-state index contributed by atoms with van der Waals surface area (Å²) in [6, 6.07) is 1.71. The van der Waals surface area contributed by atoms with E-state index in [-0.39, 0.29) is 5.76 Å². The van der Waals surface area contributed by atoms with Gasteiger partial charge < -0.3 is 14.8 Å². The van der Waals surface area contributed by atoms with Gasteiger partial charge >= 0.3 is 5.97 Å². The molecule has 0 aliphatic carbocycles. The van der Waals surface area contributed by atoms with Crippen molar-refractivity contribution in [3.05, 3.63) is 23.7 Å². The molecule has 1 fully saturated rings. The van der Waals surface area contributed by atoms with Crippen molar-refractivity contribution in [3.8, 4) is 0 Å². The lowest BCUT2D eigenvalue weighted by Gasteiger charge is -2.21. The van der Waals surface area contributed by atoms with Crippen LogP contribution in [-0.4, -0.2) is 28.6 Å². The number of nitrogens with one attached hydrogen (secondary N) is 1. The van der Waals surface area contributed by atoms with Gasteiger partial charge in [-0.05, 0) is 24.7 Å².